The molecule has 82 valence electrons. The Morgan fingerprint density at radius 3 is 2.20 bits per heavy atom. The molecule has 0 aromatic carbocycles. The minimum Gasteiger partial charge on any atom is -0.277 e. The van der Waals surface area contributed by atoms with E-state index in [0.29, 0.717) is 6.42 Å². The number of urea groups is 1. The molecule has 1 fully saturated rings. The molecule has 0 radical (unpaired) electrons. The highest BCUT2D eigenvalue weighted by Crippen LogP contribution is 2.29. The molecule has 1 saturated heterocycles. The highest BCUT2D eigenvalue weighted by molar-refractivity contribution is 6.25. The van der Waals surface area contributed by atoms with Crippen LogP contribution in [0.4, 0.5) is 4.79 Å². The third kappa shape index (κ3) is 2.02. The molecular formula is C9H11ClN2O3. The molecule has 1 aliphatic rings. The van der Waals surface area contributed by atoms with Gasteiger partial charge in [-0.3, -0.25) is 20.2 Å². The van der Waals surface area contributed by atoms with Crippen LogP contribution in [0.5, 0.6) is 0 Å². The summed E-state index contributed by atoms with van der Waals surface area (Å²) in [5.41, 5.74) is 0.0215. The summed E-state index contributed by atoms with van der Waals surface area (Å²) in [4.78, 5) is 34.1. The zero-order valence-electron chi connectivity index (χ0n) is 8.17. The topological polar surface area (TPSA) is 75.3 Å². The number of hydrogen-bond acceptors (Lipinski definition) is 3. The van der Waals surface area contributed by atoms with Gasteiger partial charge in [-0.25, -0.2) is 4.79 Å². The molecule has 0 aromatic heterocycles. The first kappa shape index (κ1) is 11.7. The van der Waals surface area contributed by atoms with E-state index in [1.54, 1.807) is 6.92 Å². The maximum Gasteiger partial charge on any atom is 0.328 e. The molecule has 15 heavy (non-hydrogen) atoms. The number of rotatable bonds is 3. The second-order valence-electron chi connectivity index (χ2n) is 3.24. The zero-order chi connectivity index (χ0) is 11.5. The molecule has 0 bridgehead atoms. The molecular weight excluding hydrogens is 220 g/mol. The summed E-state index contributed by atoms with van der Waals surface area (Å²) in [5.74, 6) is -1.15. The van der Waals surface area contributed by atoms with Crippen LogP contribution in [0.1, 0.15) is 19.8 Å². The number of carbonyl (C=O) groups excluding carboxylic acids is 3. The van der Waals surface area contributed by atoms with Gasteiger partial charge in [-0.2, -0.15) is 0 Å². The summed E-state index contributed by atoms with van der Waals surface area (Å²) in [6.45, 7) is 1.71. The molecule has 0 aliphatic carbocycles. The van der Waals surface area contributed by atoms with Crippen molar-refractivity contribution in [3.05, 3.63) is 11.6 Å². The van der Waals surface area contributed by atoms with Crippen LogP contribution in [-0.2, 0) is 9.59 Å². The predicted molar refractivity (Wildman–Crippen MR) is 54.0 cm³/mol. The molecule has 6 heteroatoms. The fraction of sp³-hybridized carbons (Fsp3) is 0.444. The number of amides is 4. The Kier molecular flexibility index (Phi) is 3.47. The monoisotopic (exact) mass is 230 g/mol. The Balaban J connectivity index is 2.99. The third-order valence-electron chi connectivity index (χ3n) is 2.48. The lowest BCUT2D eigenvalue weighted by Crippen LogP contribution is -2.62. The van der Waals surface area contributed by atoms with Crippen LogP contribution in [0.3, 0.4) is 0 Å². The normalized spacial score (nSPS) is 20.3. The van der Waals surface area contributed by atoms with Crippen molar-refractivity contribution in [1.29, 1.82) is 0 Å². The van der Waals surface area contributed by atoms with Crippen LogP contribution in [0.2, 0.25) is 0 Å². The van der Waals surface area contributed by atoms with Crippen LogP contribution >= 0.6 is 11.6 Å². The highest BCUT2D eigenvalue weighted by Gasteiger charge is 2.47. The summed E-state index contributed by atoms with van der Waals surface area (Å²) >= 11 is 5.35. The maximum absolute atomic E-state index is 11.6. The van der Waals surface area contributed by atoms with Gasteiger partial charge in [-0.05, 0) is 12.8 Å². The van der Waals surface area contributed by atoms with Crippen LogP contribution in [0.25, 0.3) is 0 Å². The van der Waals surface area contributed by atoms with Gasteiger partial charge >= 0.3 is 6.03 Å². The second kappa shape index (κ2) is 4.44. The van der Waals surface area contributed by atoms with E-state index in [0.717, 1.165) is 0 Å². The number of allylic oxidation sites excluding steroid dienone is 1. The Labute approximate surface area is 91.9 Å². The van der Waals surface area contributed by atoms with Crippen molar-refractivity contribution in [2.75, 3.05) is 0 Å². The van der Waals surface area contributed by atoms with E-state index in [9.17, 15) is 14.4 Å². The van der Waals surface area contributed by atoms with E-state index in [1.165, 1.54) is 11.6 Å². The minimum atomic E-state index is -1.22. The standard InChI is InChI=1S/C9H11ClN2O3/c1-2-9(4-3-5-10)6(13)11-8(15)12-7(9)14/h3,5H,2,4H2,1H3,(H2,11,12,13,14,15)/b5-3+. The number of halogens is 1. The molecule has 5 nitrogen and oxygen atoms in total. The second-order valence-corrected chi connectivity index (χ2v) is 3.49. The van der Waals surface area contributed by atoms with Gasteiger partial charge in [-0.15, -0.1) is 0 Å². The number of barbiturate groups is 1. The lowest BCUT2D eigenvalue weighted by molar-refractivity contribution is -0.144. The fourth-order valence-corrected chi connectivity index (χ4v) is 1.57. The van der Waals surface area contributed by atoms with Gasteiger partial charge in [0.2, 0.25) is 11.8 Å². The predicted octanol–water partition coefficient (Wildman–Crippen LogP) is 0.891. The van der Waals surface area contributed by atoms with Crippen molar-refractivity contribution < 1.29 is 14.4 Å². The molecule has 1 rings (SSSR count). The van der Waals surface area contributed by atoms with Crippen molar-refractivity contribution in [1.82, 2.24) is 10.6 Å². The van der Waals surface area contributed by atoms with E-state index in [4.69, 9.17) is 11.6 Å². The summed E-state index contributed by atoms with van der Waals surface area (Å²) in [5, 5.41) is 4.15. The van der Waals surface area contributed by atoms with Crippen LogP contribution in [-0.4, -0.2) is 17.8 Å². The average Bonchev–Trinajstić information content (AvgIpc) is 2.17. The zero-order valence-corrected chi connectivity index (χ0v) is 8.93. The number of hydrogen-bond donors (Lipinski definition) is 2. The van der Waals surface area contributed by atoms with E-state index >= 15 is 0 Å². The van der Waals surface area contributed by atoms with Gasteiger partial charge in [0.15, 0.2) is 0 Å². The molecule has 0 unspecified atom stereocenters. The third-order valence-corrected chi connectivity index (χ3v) is 2.66. The quantitative estimate of drug-likeness (QED) is 0.707. The van der Waals surface area contributed by atoms with E-state index < -0.39 is 23.3 Å². The summed E-state index contributed by atoms with van der Waals surface area (Å²) in [6.07, 6.45) is 2.00. The van der Waals surface area contributed by atoms with Gasteiger partial charge < -0.3 is 0 Å². The number of carbonyl (C=O) groups is 3. The first-order valence-electron chi connectivity index (χ1n) is 4.49. The van der Waals surface area contributed by atoms with E-state index in [1.807, 2.05) is 0 Å². The average molecular weight is 231 g/mol. The van der Waals surface area contributed by atoms with Gasteiger partial charge in [-0.1, -0.05) is 24.6 Å². The van der Waals surface area contributed by atoms with E-state index in [-0.39, 0.29) is 6.42 Å². The Bertz CT molecular complexity index is 318. The lowest BCUT2D eigenvalue weighted by atomic mass is 9.79. The van der Waals surface area contributed by atoms with Crippen molar-refractivity contribution in [3.63, 3.8) is 0 Å². The first-order chi connectivity index (χ1) is 7.06. The molecule has 0 aromatic rings. The maximum atomic E-state index is 11.6. The Hall–Kier alpha value is -1.36. The molecule has 4 amide bonds. The van der Waals surface area contributed by atoms with Gasteiger partial charge in [0.05, 0.1) is 0 Å². The number of imide groups is 2. The van der Waals surface area contributed by atoms with Crippen molar-refractivity contribution in [3.8, 4) is 0 Å². The van der Waals surface area contributed by atoms with Gasteiger partial charge in [0.1, 0.15) is 5.41 Å². The molecule has 0 spiro atoms. The minimum absolute atomic E-state index is 0.179. The largest absolute Gasteiger partial charge is 0.328 e. The molecule has 2 N–H and O–H groups in total. The van der Waals surface area contributed by atoms with Crippen molar-refractivity contribution in [2.45, 2.75) is 19.8 Å². The first-order valence-corrected chi connectivity index (χ1v) is 4.92. The van der Waals surface area contributed by atoms with Gasteiger partial charge in [0, 0.05) is 5.54 Å². The molecule has 0 saturated carbocycles. The molecule has 1 aliphatic heterocycles. The summed E-state index contributed by atoms with van der Waals surface area (Å²) < 4.78 is 0. The van der Waals surface area contributed by atoms with Crippen molar-refractivity contribution in [2.24, 2.45) is 5.41 Å². The SMILES string of the molecule is CCC1(C/C=C/Cl)C(=O)NC(=O)NC1=O. The molecule has 0 atom stereocenters. The Morgan fingerprint density at radius 2 is 1.80 bits per heavy atom. The van der Waals surface area contributed by atoms with Gasteiger partial charge in [0.25, 0.3) is 0 Å². The number of nitrogens with one attached hydrogen (secondary N) is 2. The Morgan fingerprint density at radius 1 is 1.27 bits per heavy atom. The summed E-state index contributed by atoms with van der Waals surface area (Å²) in [6, 6.07) is -0.774. The highest BCUT2D eigenvalue weighted by atomic mass is 35.5. The lowest BCUT2D eigenvalue weighted by Gasteiger charge is -2.31. The van der Waals surface area contributed by atoms with Crippen LogP contribution in [0.15, 0.2) is 11.6 Å². The van der Waals surface area contributed by atoms with Crippen LogP contribution in [0, 0.1) is 5.41 Å². The fourth-order valence-electron chi connectivity index (χ4n) is 1.48. The van der Waals surface area contributed by atoms with E-state index in [2.05, 4.69) is 10.6 Å². The molecule has 1 heterocycles. The smallest absolute Gasteiger partial charge is 0.277 e. The van der Waals surface area contributed by atoms with Crippen molar-refractivity contribution >= 4 is 29.4 Å². The summed E-state index contributed by atoms with van der Waals surface area (Å²) in [7, 11) is 0. The van der Waals surface area contributed by atoms with Crippen LogP contribution < -0.4 is 10.6 Å².